The highest BCUT2D eigenvalue weighted by Gasteiger charge is 2.43. The van der Waals surface area contributed by atoms with E-state index in [1.54, 1.807) is 0 Å². The van der Waals surface area contributed by atoms with Crippen molar-refractivity contribution in [1.29, 1.82) is 0 Å². The van der Waals surface area contributed by atoms with Gasteiger partial charge in [0.05, 0.1) is 12.7 Å². The van der Waals surface area contributed by atoms with Crippen LogP contribution in [0.3, 0.4) is 0 Å². The molecule has 3 atom stereocenters. The van der Waals surface area contributed by atoms with Crippen molar-refractivity contribution in [3.8, 4) is 0 Å². The number of hydrogen-bond donors (Lipinski definition) is 2. The third-order valence-corrected chi connectivity index (χ3v) is 2.41. The summed E-state index contributed by atoms with van der Waals surface area (Å²) in [5.74, 6) is 0. The van der Waals surface area contributed by atoms with Crippen LogP contribution in [-0.4, -0.2) is 35.1 Å². The van der Waals surface area contributed by atoms with Crippen molar-refractivity contribution in [2.24, 2.45) is 5.41 Å². The first kappa shape index (κ1) is 10.7. The molecule has 1 aliphatic heterocycles. The van der Waals surface area contributed by atoms with E-state index >= 15 is 0 Å². The van der Waals surface area contributed by atoms with Gasteiger partial charge < -0.3 is 14.9 Å². The van der Waals surface area contributed by atoms with Gasteiger partial charge in [-0.05, 0) is 11.0 Å². The highest BCUT2D eigenvalue weighted by atomic mass is 16.5. The largest absolute Gasteiger partial charge is 0.393 e. The summed E-state index contributed by atoms with van der Waals surface area (Å²) >= 11 is 0. The standard InChI is InChI=1S/C10H18O3/c1-6-7(5-11)13-9(8(6)12)10(2,3)4/h7-9,11-12H,1,5H2,2-4H3/t7-,8-,9-/m1/s1. The van der Waals surface area contributed by atoms with Crippen LogP contribution in [0.2, 0.25) is 0 Å². The van der Waals surface area contributed by atoms with Crippen molar-refractivity contribution in [2.45, 2.75) is 39.1 Å². The van der Waals surface area contributed by atoms with Crippen LogP contribution >= 0.6 is 0 Å². The van der Waals surface area contributed by atoms with E-state index in [2.05, 4.69) is 6.58 Å². The maximum absolute atomic E-state index is 9.76. The van der Waals surface area contributed by atoms with Gasteiger partial charge in [-0.15, -0.1) is 0 Å². The van der Waals surface area contributed by atoms with Gasteiger partial charge in [0.2, 0.25) is 0 Å². The van der Waals surface area contributed by atoms with Gasteiger partial charge in [0.15, 0.2) is 0 Å². The van der Waals surface area contributed by atoms with Gasteiger partial charge in [-0.1, -0.05) is 27.4 Å². The molecule has 2 N–H and O–H groups in total. The zero-order valence-corrected chi connectivity index (χ0v) is 8.45. The van der Waals surface area contributed by atoms with E-state index in [0.717, 1.165) is 0 Å². The Hall–Kier alpha value is -0.380. The molecule has 0 radical (unpaired) electrons. The molecular formula is C10H18O3. The average Bonchev–Trinajstić information content (AvgIpc) is 2.28. The van der Waals surface area contributed by atoms with Crippen molar-refractivity contribution < 1.29 is 14.9 Å². The molecule has 1 rings (SSSR count). The molecule has 0 saturated carbocycles. The molecule has 0 spiro atoms. The minimum absolute atomic E-state index is 0.109. The lowest BCUT2D eigenvalue weighted by Gasteiger charge is -2.28. The van der Waals surface area contributed by atoms with Crippen LogP contribution in [0.4, 0.5) is 0 Å². The molecule has 76 valence electrons. The maximum Gasteiger partial charge on any atom is 0.104 e. The molecule has 0 aliphatic carbocycles. The second-order valence-corrected chi connectivity index (χ2v) is 4.61. The number of ether oxygens (including phenoxy) is 1. The first-order chi connectivity index (χ1) is 5.88. The monoisotopic (exact) mass is 186 g/mol. The number of hydrogen-bond acceptors (Lipinski definition) is 3. The third kappa shape index (κ3) is 1.93. The Kier molecular flexibility index (Phi) is 2.80. The Balaban J connectivity index is 2.77. The van der Waals surface area contributed by atoms with E-state index in [0.29, 0.717) is 5.57 Å². The van der Waals surface area contributed by atoms with E-state index in [1.807, 2.05) is 20.8 Å². The summed E-state index contributed by atoms with van der Waals surface area (Å²) in [7, 11) is 0. The summed E-state index contributed by atoms with van der Waals surface area (Å²) in [6.45, 7) is 9.59. The molecule has 3 heteroatoms. The van der Waals surface area contributed by atoms with Crippen LogP contribution in [0.25, 0.3) is 0 Å². The quantitative estimate of drug-likeness (QED) is 0.593. The van der Waals surface area contributed by atoms with Crippen molar-refractivity contribution in [1.82, 2.24) is 0 Å². The van der Waals surface area contributed by atoms with Crippen LogP contribution in [0.1, 0.15) is 20.8 Å². The highest BCUT2D eigenvalue weighted by molar-refractivity contribution is 5.17. The summed E-state index contributed by atoms with van der Waals surface area (Å²) in [6.07, 6.45) is -1.33. The SMILES string of the molecule is C=C1[C@@H](O)[C@H](C(C)(C)C)O[C@@H]1CO. The first-order valence-corrected chi connectivity index (χ1v) is 4.51. The Bertz CT molecular complexity index is 205. The molecule has 1 fully saturated rings. The minimum atomic E-state index is -0.655. The van der Waals surface area contributed by atoms with Gasteiger partial charge in [-0.25, -0.2) is 0 Å². The Morgan fingerprint density at radius 2 is 2.00 bits per heavy atom. The molecule has 3 nitrogen and oxygen atoms in total. The molecular weight excluding hydrogens is 168 g/mol. The number of aliphatic hydroxyl groups excluding tert-OH is 2. The lowest BCUT2D eigenvalue weighted by molar-refractivity contribution is -0.0625. The fourth-order valence-corrected chi connectivity index (χ4v) is 1.56. The van der Waals surface area contributed by atoms with E-state index in [4.69, 9.17) is 9.84 Å². The molecule has 1 saturated heterocycles. The average molecular weight is 186 g/mol. The van der Waals surface area contributed by atoms with Crippen molar-refractivity contribution in [3.05, 3.63) is 12.2 Å². The maximum atomic E-state index is 9.76. The predicted molar refractivity (Wildman–Crippen MR) is 50.3 cm³/mol. The van der Waals surface area contributed by atoms with E-state index < -0.39 is 12.2 Å². The summed E-state index contributed by atoms with van der Waals surface area (Å²) in [5, 5.41) is 18.7. The van der Waals surface area contributed by atoms with Gasteiger partial charge in [0.1, 0.15) is 12.2 Å². The lowest BCUT2D eigenvalue weighted by atomic mass is 9.85. The smallest absolute Gasteiger partial charge is 0.104 e. The van der Waals surface area contributed by atoms with Crippen molar-refractivity contribution in [2.75, 3.05) is 6.61 Å². The van der Waals surface area contributed by atoms with Gasteiger partial charge in [0.25, 0.3) is 0 Å². The Morgan fingerprint density at radius 3 is 2.23 bits per heavy atom. The summed E-state index contributed by atoms with van der Waals surface area (Å²) in [6, 6.07) is 0. The second-order valence-electron chi connectivity index (χ2n) is 4.61. The van der Waals surface area contributed by atoms with Gasteiger partial charge in [0, 0.05) is 0 Å². The van der Waals surface area contributed by atoms with Gasteiger partial charge in [-0.2, -0.15) is 0 Å². The molecule has 1 aliphatic rings. The molecule has 0 aromatic carbocycles. The van der Waals surface area contributed by atoms with Crippen LogP contribution in [0.5, 0.6) is 0 Å². The topological polar surface area (TPSA) is 49.7 Å². The first-order valence-electron chi connectivity index (χ1n) is 4.51. The van der Waals surface area contributed by atoms with Crippen molar-refractivity contribution >= 4 is 0 Å². The van der Waals surface area contributed by atoms with Crippen LogP contribution in [-0.2, 0) is 4.74 Å². The second kappa shape index (κ2) is 3.40. The van der Waals surface area contributed by atoms with E-state index in [-0.39, 0.29) is 18.1 Å². The highest BCUT2D eigenvalue weighted by Crippen LogP contribution is 2.35. The van der Waals surface area contributed by atoms with Gasteiger partial charge >= 0.3 is 0 Å². The fraction of sp³-hybridized carbons (Fsp3) is 0.800. The molecule has 0 aromatic heterocycles. The Morgan fingerprint density at radius 1 is 1.46 bits per heavy atom. The van der Waals surface area contributed by atoms with Crippen LogP contribution < -0.4 is 0 Å². The summed E-state index contributed by atoms with van der Waals surface area (Å²) in [5.41, 5.74) is 0.453. The molecule has 0 amide bonds. The normalized spacial score (nSPS) is 35.5. The zero-order valence-electron chi connectivity index (χ0n) is 8.45. The molecule has 0 bridgehead atoms. The lowest BCUT2D eigenvalue weighted by Crippen LogP contribution is -2.35. The van der Waals surface area contributed by atoms with E-state index in [9.17, 15) is 5.11 Å². The minimum Gasteiger partial charge on any atom is -0.393 e. The Labute approximate surface area is 79.0 Å². The van der Waals surface area contributed by atoms with Crippen LogP contribution in [0, 0.1) is 5.41 Å². The van der Waals surface area contributed by atoms with Crippen LogP contribution in [0.15, 0.2) is 12.2 Å². The van der Waals surface area contributed by atoms with Gasteiger partial charge in [-0.3, -0.25) is 0 Å². The molecule has 0 aromatic rings. The third-order valence-electron chi connectivity index (χ3n) is 2.41. The van der Waals surface area contributed by atoms with Crippen molar-refractivity contribution in [3.63, 3.8) is 0 Å². The molecule has 0 unspecified atom stereocenters. The molecule has 1 heterocycles. The van der Waals surface area contributed by atoms with E-state index in [1.165, 1.54) is 0 Å². The fourth-order valence-electron chi connectivity index (χ4n) is 1.56. The zero-order chi connectivity index (χ0) is 10.2. The summed E-state index contributed by atoms with van der Waals surface area (Å²) in [4.78, 5) is 0. The predicted octanol–water partition coefficient (Wildman–Crippen LogP) is 0.709. The number of rotatable bonds is 1. The molecule has 13 heavy (non-hydrogen) atoms. The summed E-state index contributed by atoms with van der Waals surface area (Å²) < 4.78 is 5.50. The number of aliphatic hydroxyl groups is 2.